The van der Waals surface area contributed by atoms with Crippen molar-refractivity contribution in [1.29, 1.82) is 0 Å². The van der Waals surface area contributed by atoms with Crippen LogP contribution in [0.25, 0.3) is 0 Å². The number of likely N-dealkylation sites (N-methyl/N-ethyl adjacent to an activating group) is 1. The molecule has 0 aromatic heterocycles. The fraction of sp³-hybridized carbons (Fsp3) is 0.333. The zero-order valence-corrected chi connectivity index (χ0v) is 9.99. The average molecular weight is 235 g/mol. The van der Waals surface area contributed by atoms with Gasteiger partial charge in [-0.05, 0) is 18.6 Å². The summed E-state index contributed by atoms with van der Waals surface area (Å²) in [4.78, 5) is 22.9. The first-order valence-electron chi connectivity index (χ1n) is 5.39. The predicted molar refractivity (Wildman–Crippen MR) is 66.2 cm³/mol. The van der Waals surface area contributed by atoms with Crippen LogP contribution in [-0.2, 0) is 16.0 Å². The molecule has 4 N–H and O–H groups in total. The molecule has 0 spiro atoms. The van der Waals surface area contributed by atoms with Gasteiger partial charge in [-0.25, -0.2) is 0 Å². The lowest BCUT2D eigenvalue weighted by molar-refractivity contribution is -0.127. The molecule has 1 rings (SSSR count). The fourth-order valence-corrected chi connectivity index (χ4v) is 1.44. The van der Waals surface area contributed by atoms with Crippen LogP contribution in [0.2, 0.25) is 0 Å². The summed E-state index contributed by atoms with van der Waals surface area (Å²) in [6.45, 7) is 1.63. The number of para-hydroxylation sites is 1. The Morgan fingerprint density at radius 3 is 2.59 bits per heavy atom. The highest BCUT2D eigenvalue weighted by Crippen LogP contribution is 2.10. The SMILES string of the molecule is CNC(=O)C(C)NC(=O)Cc1ccccc1N. The van der Waals surface area contributed by atoms with Crippen molar-refractivity contribution in [2.45, 2.75) is 19.4 Å². The molecule has 5 heteroatoms. The van der Waals surface area contributed by atoms with E-state index in [1.165, 1.54) is 7.05 Å². The van der Waals surface area contributed by atoms with Gasteiger partial charge in [0, 0.05) is 12.7 Å². The molecule has 0 aliphatic carbocycles. The Balaban J connectivity index is 2.56. The molecule has 0 bridgehead atoms. The molecule has 1 aromatic rings. The van der Waals surface area contributed by atoms with Crippen molar-refractivity contribution >= 4 is 17.5 Å². The smallest absolute Gasteiger partial charge is 0.242 e. The van der Waals surface area contributed by atoms with Gasteiger partial charge < -0.3 is 16.4 Å². The van der Waals surface area contributed by atoms with E-state index in [1.54, 1.807) is 19.1 Å². The second-order valence-electron chi connectivity index (χ2n) is 3.78. The Morgan fingerprint density at radius 1 is 1.35 bits per heavy atom. The van der Waals surface area contributed by atoms with Gasteiger partial charge >= 0.3 is 0 Å². The zero-order valence-electron chi connectivity index (χ0n) is 9.99. The van der Waals surface area contributed by atoms with Crippen LogP contribution in [0.5, 0.6) is 0 Å². The van der Waals surface area contributed by atoms with Gasteiger partial charge in [0.05, 0.1) is 6.42 Å². The van der Waals surface area contributed by atoms with Gasteiger partial charge in [-0.1, -0.05) is 18.2 Å². The number of carbonyl (C=O) groups excluding carboxylic acids is 2. The minimum absolute atomic E-state index is 0.175. The summed E-state index contributed by atoms with van der Waals surface area (Å²) < 4.78 is 0. The maximum atomic E-state index is 11.6. The normalized spacial score (nSPS) is 11.6. The number of nitrogens with two attached hydrogens (primary N) is 1. The van der Waals surface area contributed by atoms with E-state index in [0.717, 1.165) is 5.56 Å². The molecule has 0 fully saturated rings. The van der Waals surface area contributed by atoms with Crippen molar-refractivity contribution in [1.82, 2.24) is 10.6 Å². The van der Waals surface area contributed by atoms with Gasteiger partial charge in [0.15, 0.2) is 0 Å². The van der Waals surface area contributed by atoms with Gasteiger partial charge in [-0.3, -0.25) is 9.59 Å². The van der Waals surface area contributed by atoms with Crippen molar-refractivity contribution in [2.24, 2.45) is 0 Å². The third-order valence-corrected chi connectivity index (χ3v) is 2.42. The van der Waals surface area contributed by atoms with Crippen LogP contribution in [0, 0.1) is 0 Å². The minimum atomic E-state index is -0.544. The molecule has 1 aromatic carbocycles. The largest absolute Gasteiger partial charge is 0.398 e. The van der Waals surface area contributed by atoms with Crippen molar-refractivity contribution in [3.05, 3.63) is 29.8 Å². The number of hydrogen-bond donors (Lipinski definition) is 3. The molecule has 17 heavy (non-hydrogen) atoms. The number of amides is 2. The summed E-state index contributed by atoms with van der Waals surface area (Å²) in [5.41, 5.74) is 7.06. The fourth-order valence-electron chi connectivity index (χ4n) is 1.44. The van der Waals surface area contributed by atoms with E-state index in [4.69, 9.17) is 5.73 Å². The van der Waals surface area contributed by atoms with Gasteiger partial charge in [-0.2, -0.15) is 0 Å². The molecule has 0 saturated carbocycles. The molecule has 2 amide bonds. The highest BCUT2D eigenvalue weighted by atomic mass is 16.2. The van der Waals surface area contributed by atoms with Crippen LogP contribution in [0.1, 0.15) is 12.5 Å². The van der Waals surface area contributed by atoms with Crippen LogP contribution in [0.4, 0.5) is 5.69 Å². The molecule has 0 radical (unpaired) electrons. The van der Waals surface area contributed by atoms with Crippen molar-refractivity contribution < 1.29 is 9.59 Å². The maximum absolute atomic E-state index is 11.6. The lowest BCUT2D eigenvalue weighted by atomic mass is 10.1. The van der Waals surface area contributed by atoms with Crippen LogP contribution in [-0.4, -0.2) is 24.9 Å². The van der Waals surface area contributed by atoms with E-state index in [-0.39, 0.29) is 18.2 Å². The monoisotopic (exact) mass is 235 g/mol. The molecule has 5 nitrogen and oxygen atoms in total. The van der Waals surface area contributed by atoms with E-state index in [2.05, 4.69) is 10.6 Å². The molecule has 0 heterocycles. The molecule has 0 aliphatic rings. The van der Waals surface area contributed by atoms with Crippen LogP contribution >= 0.6 is 0 Å². The van der Waals surface area contributed by atoms with E-state index in [1.807, 2.05) is 12.1 Å². The van der Waals surface area contributed by atoms with Crippen LogP contribution < -0.4 is 16.4 Å². The first-order chi connectivity index (χ1) is 8.04. The summed E-state index contributed by atoms with van der Waals surface area (Å²) in [5.74, 6) is -0.446. The summed E-state index contributed by atoms with van der Waals surface area (Å²) in [6.07, 6.45) is 0.175. The van der Waals surface area contributed by atoms with Gasteiger partial charge in [0.25, 0.3) is 0 Å². The van der Waals surface area contributed by atoms with Crippen LogP contribution in [0.3, 0.4) is 0 Å². The number of carbonyl (C=O) groups is 2. The Morgan fingerprint density at radius 2 is 2.00 bits per heavy atom. The number of hydrogen-bond acceptors (Lipinski definition) is 3. The topological polar surface area (TPSA) is 84.2 Å². The highest BCUT2D eigenvalue weighted by Gasteiger charge is 2.14. The minimum Gasteiger partial charge on any atom is -0.398 e. The second kappa shape index (κ2) is 5.89. The lowest BCUT2D eigenvalue weighted by Gasteiger charge is -2.12. The second-order valence-corrected chi connectivity index (χ2v) is 3.78. The summed E-state index contributed by atoms with van der Waals surface area (Å²) in [7, 11) is 1.53. The molecule has 0 aliphatic heterocycles. The number of anilines is 1. The summed E-state index contributed by atoms with van der Waals surface area (Å²) in [6, 6.07) is 6.62. The van der Waals surface area contributed by atoms with Gasteiger partial charge in [-0.15, -0.1) is 0 Å². The summed E-state index contributed by atoms with van der Waals surface area (Å²) in [5, 5.41) is 5.07. The van der Waals surface area contributed by atoms with E-state index in [9.17, 15) is 9.59 Å². The first kappa shape index (κ1) is 13.0. The van der Waals surface area contributed by atoms with Gasteiger partial charge in [0.2, 0.25) is 11.8 Å². The lowest BCUT2D eigenvalue weighted by Crippen LogP contribution is -2.44. The van der Waals surface area contributed by atoms with Gasteiger partial charge in [0.1, 0.15) is 6.04 Å². The number of benzene rings is 1. The third-order valence-electron chi connectivity index (χ3n) is 2.42. The van der Waals surface area contributed by atoms with Crippen molar-refractivity contribution in [3.63, 3.8) is 0 Å². The molecular weight excluding hydrogens is 218 g/mol. The highest BCUT2D eigenvalue weighted by molar-refractivity contribution is 5.88. The van der Waals surface area contributed by atoms with E-state index in [0.29, 0.717) is 5.69 Å². The third kappa shape index (κ3) is 3.79. The van der Waals surface area contributed by atoms with Crippen molar-refractivity contribution in [2.75, 3.05) is 12.8 Å². The molecule has 0 saturated heterocycles. The molecule has 1 atom stereocenters. The van der Waals surface area contributed by atoms with Crippen molar-refractivity contribution in [3.8, 4) is 0 Å². The zero-order chi connectivity index (χ0) is 12.8. The number of rotatable bonds is 4. The number of nitrogens with one attached hydrogen (secondary N) is 2. The van der Waals surface area contributed by atoms with Crippen LogP contribution in [0.15, 0.2) is 24.3 Å². The Labute approximate surface area is 100 Å². The molecule has 1 unspecified atom stereocenters. The first-order valence-corrected chi connectivity index (χ1v) is 5.39. The Kier molecular flexibility index (Phi) is 4.51. The van der Waals surface area contributed by atoms with E-state index >= 15 is 0 Å². The quantitative estimate of drug-likeness (QED) is 0.645. The van der Waals surface area contributed by atoms with E-state index < -0.39 is 6.04 Å². The molecular formula is C12H17N3O2. The standard InChI is InChI=1S/C12H17N3O2/c1-8(12(17)14-2)15-11(16)7-9-5-3-4-6-10(9)13/h3-6,8H,7,13H2,1-2H3,(H,14,17)(H,15,16). The number of nitrogen functional groups attached to an aromatic ring is 1. The Bertz CT molecular complexity index is 418. The predicted octanol–water partition coefficient (Wildman–Crippen LogP) is 0.0620. The molecule has 92 valence electrons. The average Bonchev–Trinajstić information content (AvgIpc) is 2.31. The Hall–Kier alpha value is -2.04. The summed E-state index contributed by atoms with van der Waals surface area (Å²) >= 11 is 0. The maximum Gasteiger partial charge on any atom is 0.242 e.